The molecule has 1 unspecified atom stereocenters. The minimum absolute atomic E-state index is 0.267. The molecule has 0 radical (unpaired) electrons. The number of anilines is 1. The summed E-state index contributed by atoms with van der Waals surface area (Å²) in [6, 6.07) is 8.68. The Morgan fingerprint density at radius 3 is 2.48 bits per heavy atom. The average Bonchev–Trinajstić information content (AvgIpc) is 2.50. The molecule has 1 heterocycles. The van der Waals surface area contributed by atoms with Gasteiger partial charge in [0.2, 0.25) is 0 Å². The number of rotatable bonds is 5. The van der Waals surface area contributed by atoms with E-state index >= 15 is 0 Å². The quantitative estimate of drug-likeness (QED) is 0.876. The fourth-order valence-electron chi connectivity index (χ4n) is 1.79. The molecular weight excluding hydrogens is 270 g/mol. The third-order valence-corrected chi connectivity index (χ3v) is 3.02. The monoisotopic (exact) mass is 285 g/mol. The van der Waals surface area contributed by atoms with E-state index in [1.807, 2.05) is 0 Å². The maximum absolute atomic E-state index is 11.9. The van der Waals surface area contributed by atoms with Gasteiger partial charge in [-0.3, -0.25) is 9.59 Å². The van der Waals surface area contributed by atoms with Gasteiger partial charge in [0.15, 0.2) is 0 Å². The van der Waals surface area contributed by atoms with Crippen LogP contribution in [0.15, 0.2) is 42.7 Å². The van der Waals surface area contributed by atoms with Crippen molar-refractivity contribution < 1.29 is 14.7 Å². The molecule has 21 heavy (non-hydrogen) atoms. The van der Waals surface area contributed by atoms with Crippen molar-refractivity contribution in [2.75, 3.05) is 5.32 Å². The number of carboxylic acid groups (broad SMARTS) is 1. The lowest BCUT2D eigenvalue weighted by molar-refractivity contribution is -0.141. The SMILES string of the molecule is CC(Cc1ccc(NC(=O)c2ccnnc2)cc1)C(=O)O. The second-order valence-electron chi connectivity index (χ2n) is 4.73. The summed E-state index contributed by atoms with van der Waals surface area (Å²) in [7, 11) is 0. The molecule has 0 spiro atoms. The molecule has 0 saturated carbocycles. The number of hydrogen-bond donors (Lipinski definition) is 2. The number of nitrogens with one attached hydrogen (secondary N) is 1. The zero-order valence-electron chi connectivity index (χ0n) is 11.5. The first kappa shape index (κ1) is 14.6. The Bertz CT molecular complexity index is 626. The molecule has 1 aromatic heterocycles. The van der Waals surface area contributed by atoms with E-state index in [4.69, 9.17) is 5.11 Å². The summed E-state index contributed by atoms with van der Waals surface area (Å²) in [5.41, 5.74) is 1.98. The minimum Gasteiger partial charge on any atom is -0.481 e. The van der Waals surface area contributed by atoms with Crippen molar-refractivity contribution >= 4 is 17.6 Å². The van der Waals surface area contributed by atoms with Crippen LogP contribution in [0.2, 0.25) is 0 Å². The standard InChI is InChI=1S/C15H15N3O3/c1-10(15(20)21)8-11-2-4-13(5-3-11)18-14(19)12-6-7-16-17-9-12/h2-7,9-10H,8H2,1H3,(H,18,19)(H,20,21). The second-order valence-corrected chi connectivity index (χ2v) is 4.73. The molecule has 1 aromatic carbocycles. The summed E-state index contributed by atoms with van der Waals surface area (Å²) >= 11 is 0. The van der Waals surface area contributed by atoms with Crippen LogP contribution in [0.5, 0.6) is 0 Å². The Hall–Kier alpha value is -2.76. The van der Waals surface area contributed by atoms with Crippen LogP contribution in [0.4, 0.5) is 5.69 Å². The van der Waals surface area contributed by atoms with E-state index in [0.29, 0.717) is 17.7 Å². The highest BCUT2D eigenvalue weighted by molar-refractivity contribution is 6.03. The molecule has 2 aromatic rings. The van der Waals surface area contributed by atoms with Crippen LogP contribution in [0.3, 0.4) is 0 Å². The largest absolute Gasteiger partial charge is 0.481 e. The molecule has 0 aliphatic carbocycles. The van der Waals surface area contributed by atoms with Gasteiger partial charge in [-0.2, -0.15) is 10.2 Å². The molecular formula is C15H15N3O3. The molecule has 108 valence electrons. The van der Waals surface area contributed by atoms with E-state index < -0.39 is 11.9 Å². The first-order valence-corrected chi connectivity index (χ1v) is 6.46. The third kappa shape index (κ3) is 4.10. The van der Waals surface area contributed by atoms with Crippen molar-refractivity contribution in [2.24, 2.45) is 5.92 Å². The predicted molar refractivity (Wildman–Crippen MR) is 76.9 cm³/mol. The molecule has 0 aliphatic heterocycles. The zero-order chi connectivity index (χ0) is 15.2. The molecule has 1 atom stereocenters. The van der Waals surface area contributed by atoms with Gasteiger partial charge >= 0.3 is 5.97 Å². The lowest BCUT2D eigenvalue weighted by Gasteiger charge is -2.08. The topological polar surface area (TPSA) is 92.2 Å². The van der Waals surface area contributed by atoms with Gasteiger partial charge in [-0.25, -0.2) is 0 Å². The Kier molecular flexibility index (Phi) is 4.61. The Labute approximate surface area is 121 Å². The van der Waals surface area contributed by atoms with Gasteiger partial charge in [-0.15, -0.1) is 0 Å². The molecule has 1 amide bonds. The summed E-state index contributed by atoms with van der Waals surface area (Å²) in [4.78, 5) is 22.7. The highest BCUT2D eigenvalue weighted by Gasteiger charge is 2.11. The van der Waals surface area contributed by atoms with Gasteiger partial charge in [0.1, 0.15) is 0 Å². The van der Waals surface area contributed by atoms with Crippen LogP contribution in [0.1, 0.15) is 22.8 Å². The summed E-state index contributed by atoms with van der Waals surface area (Å²) < 4.78 is 0. The number of aromatic nitrogens is 2. The van der Waals surface area contributed by atoms with Crippen LogP contribution in [-0.4, -0.2) is 27.2 Å². The Balaban J connectivity index is 2.00. The van der Waals surface area contributed by atoms with Crippen LogP contribution < -0.4 is 5.32 Å². The second kappa shape index (κ2) is 6.60. The maximum Gasteiger partial charge on any atom is 0.306 e. The summed E-state index contributed by atoms with van der Waals surface area (Å²) in [6.45, 7) is 1.66. The van der Waals surface area contributed by atoms with E-state index in [9.17, 15) is 9.59 Å². The van der Waals surface area contributed by atoms with Crippen LogP contribution in [-0.2, 0) is 11.2 Å². The number of benzene rings is 1. The molecule has 0 fully saturated rings. The fourth-order valence-corrected chi connectivity index (χ4v) is 1.79. The van der Waals surface area contributed by atoms with Gasteiger partial charge in [0.05, 0.1) is 23.9 Å². The average molecular weight is 285 g/mol. The number of aliphatic carboxylic acids is 1. The van der Waals surface area contributed by atoms with Gasteiger partial charge in [0.25, 0.3) is 5.91 Å². The van der Waals surface area contributed by atoms with Crippen molar-refractivity contribution in [1.82, 2.24) is 10.2 Å². The third-order valence-electron chi connectivity index (χ3n) is 3.02. The molecule has 0 bridgehead atoms. The molecule has 6 nitrogen and oxygen atoms in total. The fraction of sp³-hybridized carbons (Fsp3) is 0.200. The van der Waals surface area contributed by atoms with Gasteiger partial charge in [-0.05, 0) is 30.2 Å². The molecule has 2 N–H and O–H groups in total. The Morgan fingerprint density at radius 1 is 1.19 bits per heavy atom. The van der Waals surface area contributed by atoms with Crippen LogP contribution in [0.25, 0.3) is 0 Å². The summed E-state index contributed by atoms with van der Waals surface area (Å²) in [5, 5.41) is 18.9. The highest BCUT2D eigenvalue weighted by atomic mass is 16.4. The van der Waals surface area contributed by atoms with Crippen LogP contribution in [0, 0.1) is 5.92 Å². The van der Waals surface area contributed by atoms with E-state index in [2.05, 4.69) is 15.5 Å². The van der Waals surface area contributed by atoms with Crippen molar-refractivity contribution in [2.45, 2.75) is 13.3 Å². The number of carbonyl (C=O) groups is 2. The molecule has 0 saturated heterocycles. The van der Waals surface area contributed by atoms with Gasteiger partial charge in [-0.1, -0.05) is 19.1 Å². The summed E-state index contributed by atoms with van der Waals surface area (Å²) in [6.07, 6.45) is 3.29. The van der Waals surface area contributed by atoms with Crippen molar-refractivity contribution in [1.29, 1.82) is 0 Å². The van der Waals surface area contributed by atoms with E-state index in [-0.39, 0.29) is 5.91 Å². The Morgan fingerprint density at radius 2 is 1.90 bits per heavy atom. The number of amides is 1. The van der Waals surface area contributed by atoms with Gasteiger partial charge < -0.3 is 10.4 Å². The lowest BCUT2D eigenvalue weighted by Crippen LogP contribution is -2.13. The summed E-state index contributed by atoms with van der Waals surface area (Å²) in [5.74, 6) is -1.53. The van der Waals surface area contributed by atoms with Crippen molar-refractivity contribution in [3.05, 3.63) is 53.9 Å². The first-order valence-electron chi connectivity index (χ1n) is 6.46. The lowest BCUT2D eigenvalue weighted by atomic mass is 10.0. The normalized spacial score (nSPS) is 11.7. The highest BCUT2D eigenvalue weighted by Crippen LogP contribution is 2.14. The molecule has 6 heteroatoms. The maximum atomic E-state index is 11.9. The number of carboxylic acids is 1. The smallest absolute Gasteiger partial charge is 0.306 e. The number of hydrogen-bond acceptors (Lipinski definition) is 4. The molecule has 0 aliphatic rings. The van der Waals surface area contributed by atoms with Crippen molar-refractivity contribution in [3.63, 3.8) is 0 Å². The van der Waals surface area contributed by atoms with E-state index in [0.717, 1.165) is 5.56 Å². The van der Waals surface area contributed by atoms with Crippen molar-refractivity contribution in [3.8, 4) is 0 Å². The minimum atomic E-state index is -0.822. The van der Waals surface area contributed by atoms with E-state index in [1.54, 1.807) is 37.3 Å². The van der Waals surface area contributed by atoms with Crippen LogP contribution >= 0.6 is 0 Å². The predicted octanol–water partition coefficient (Wildman–Crippen LogP) is 1.99. The van der Waals surface area contributed by atoms with E-state index in [1.165, 1.54) is 12.4 Å². The van der Waals surface area contributed by atoms with Gasteiger partial charge in [0, 0.05) is 5.69 Å². The first-order chi connectivity index (χ1) is 10.1. The zero-order valence-corrected chi connectivity index (χ0v) is 11.5. The number of carbonyl (C=O) groups excluding carboxylic acids is 1. The molecule has 2 rings (SSSR count). The number of nitrogens with zero attached hydrogens (tertiary/aromatic N) is 2.